The number of aryl methyl sites for hydroxylation is 1. The average molecular weight is 283 g/mol. The van der Waals surface area contributed by atoms with Gasteiger partial charge >= 0.3 is 0 Å². The van der Waals surface area contributed by atoms with Crippen molar-refractivity contribution in [1.82, 2.24) is 15.3 Å². The predicted molar refractivity (Wildman–Crippen MR) is 84.1 cm³/mol. The zero-order valence-electron chi connectivity index (χ0n) is 11.6. The molecule has 4 heteroatoms. The predicted octanol–water partition coefficient (Wildman–Crippen LogP) is 3.50. The Labute approximate surface area is 122 Å². The van der Waals surface area contributed by atoms with Gasteiger partial charge in [-0.05, 0) is 31.7 Å². The highest BCUT2D eigenvalue weighted by Gasteiger charge is 2.15. The third kappa shape index (κ3) is 2.57. The van der Waals surface area contributed by atoms with Crippen LogP contribution in [0, 0.1) is 6.92 Å². The summed E-state index contributed by atoms with van der Waals surface area (Å²) in [5.41, 5.74) is 5.32. The van der Waals surface area contributed by atoms with Crippen LogP contribution < -0.4 is 5.32 Å². The topological polar surface area (TPSA) is 37.8 Å². The van der Waals surface area contributed by atoms with E-state index in [0.29, 0.717) is 0 Å². The molecule has 0 amide bonds. The number of likely N-dealkylation sites (N-methyl/N-ethyl adjacent to an activating group) is 1. The number of hydrogen-bond donors (Lipinski definition) is 1. The van der Waals surface area contributed by atoms with Crippen LogP contribution in [-0.4, -0.2) is 17.0 Å². The van der Waals surface area contributed by atoms with Crippen LogP contribution in [0.25, 0.3) is 10.9 Å². The molecule has 0 bridgehead atoms. The van der Waals surface area contributed by atoms with Gasteiger partial charge in [0, 0.05) is 34.6 Å². The highest BCUT2D eigenvalue weighted by molar-refractivity contribution is 7.09. The summed E-state index contributed by atoms with van der Waals surface area (Å²) in [6.07, 6.45) is 2.90. The Morgan fingerprint density at radius 2 is 2.15 bits per heavy atom. The third-order valence-corrected chi connectivity index (χ3v) is 4.29. The molecule has 0 saturated heterocycles. The van der Waals surface area contributed by atoms with Gasteiger partial charge in [-0.25, -0.2) is 0 Å². The van der Waals surface area contributed by atoms with Crippen LogP contribution >= 0.6 is 11.3 Å². The van der Waals surface area contributed by atoms with Gasteiger partial charge in [0.1, 0.15) is 0 Å². The first kappa shape index (κ1) is 13.2. The number of hydrogen-bond acceptors (Lipinski definition) is 4. The van der Waals surface area contributed by atoms with Crippen LogP contribution in [0.1, 0.15) is 22.2 Å². The van der Waals surface area contributed by atoms with E-state index in [1.165, 1.54) is 15.8 Å². The van der Waals surface area contributed by atoms with Crippen molar-refractivity contribution in [2.45, 2.75) is 19.4 Å². The molecular formula is C16H17N3S. The quantitative estimate of drug-likeness (QED) is 0.796. The molecular weight excluding hydrogens is 266 g/mol. The van der Waals surface area contributed by atoms with E-state index in [0.717, 1.165) is 17.6 Å². The molecule has 20 heavy (non-hydrogen) atoms. The van der Waals surface area contributed by atoms with Crippen LogP contribution in [0.4, 0.5) is 0 Å². The normalized spacial score (nSPS) is 12.7. The van der Waals surface area contributed by atoms with Gasteiger partial charge in [0.2, 0.25) is 0 Å². The lowest BCUT2D eigenvalue weighted by atomic mass is 9.98. The highest BCUT2D eigenvalue weighted by atomic mass is 32.1. The fraction of sp³-hybridized carbons (Fsp3) is 0.250. The molecule has 2 heterocycles. The fourth-order valence-electron chi connectivity index (χ4n) is 2.54. The number of para-hydroxylation sites is 1. The van der Waals surface area contributed by atoms with E-state index in [9.17, 15) is 0 Å². The largest absolute Gasteiger partial charge is 0.313 e. The number of rotatable bonds is 4. The summed E-state index contributed by atoms with van der Waals surface area (Å²) in [4.78, 5) is 10.1. The summed E-state index contributed by atoms with van der Waals surface area (Å²) in [7, 11) is 2.01. The van der Waals surface area contributed by atoms with Crippen LogP contribution in [-0.2, 0) is 6.42 Å². The molecule has 0 aliphatic heterocycles. The van der Waals surface area contributed by atoms with E-state index < -0.39 is 0 Å². The van der Waals surface area contributed by atoms with E-state index in [2.05, 4.69) is 46.5 Å². The van der Waals surface area contributed by atoms with Crippen LogP contribution in [0.15, 0.2) is 42.0 Å². The lowest BCUT2D eigenvalue weighted by Crippen LogP contribution is -2.19. The Morgan fingerprint density at radius 1 is 1.30 bits per heavy atom. The van der Waals surface area contributed by atoms with Crippen LogP contribution in [0.5, 0.6) is 0 Å². The van der Waals surface area contributed by atoms with Crippen molar-refractivity contribution < 1.29 is 0 Å². The molecule has 3 nitrogen and oxygen atoms in total. The summed E-state index contributed by atoms with van der Waals surface area (Å²) in [5.74, 6) is 0. The van der Waals surface area contributed by atoms with E-state index in [1.54, 1.807) is 11.3 Å². The van der Waals surface area contributed by atoms with E-state index in [1.807, 2.05) is 24.8 Å². The summed E-state index contributed by atoms with van der Waals surface area (Å²) in [6, 6.07) is 10.8. The first-order valence-electron chi connectivity index (χ1n) is 6.69. The second-order valence-corrected chi connectivity index (χ2v) is 5.85. The maximum absolute atomic E-state index is 4.61. The summed E-state index contributed by atoms with van der Waals surface area (Å²) in [5, 5.41) is 4.65. The Hall–Kier alpha value is -1.78. The van der Waals surface area contributed by atoms with Crippen molar-refractivity contribution in [3.8, 4) is 0 Å². The van der Waals surface area contributed by atoms with Gasteiger partial charge in [0.05, 0.1) is 11.0 Å². The van der Waals surface area contributed by atoms with Gasteiger partial charge in [-0.1, -0.05) is 18.2 Å². The average Bonchev–Trinajstić information content (AvgIpc) is 2.97. The number of fused-ring (bicyclic) bond motifs is 1. The smallest absolute Gasteiger partial charge is 0.0794 e. The maximum atomic E-state index is 4.61. The van der Waals surface area contributed by atoms with E-state index in [-0.39, 0.29) is 6.04 Å². The first-order chi connectivity index (χ1) is 9.78. The molecule has 1 unspecified atom stereocenters. The second kappa shape index (κ2) is 5.69. The minimum absolute atomic E-state index is 0.280. The summed E-state index contributed by atoms with van der Waals surface area (Å²) < 4.78 is 0. The standard InChI is InChI=1S/C16H17N3S/c1-11-7-14(13-5-3-4-6-15(13)19-11)16(17-2)8-12-9-18-10-20-12/h3-7,9-10,16-17H,8H2,1-2H3. The highest BCUT2D eigenvalue weighted by Crippen LogP contribution is 2.27. The molecule has 0 saturated carbocycles. The van der Waals surface area contributed by atoms with Gasteiger partial charge in [-0.2, -0.15) is 0 Å². The van der Waals surface area contributed by atoms with Crippen molar-refractivity contribution in [3.05, 3.63) is 58.2 Å². The Morgan fingerprint density at radius 3 is 2.90 bits per heavy atom. The van der Waals surface area contributed by atoms with Crippen molar-refractivity contribution >= 4 is 22.2 Å². The fourth-order valence-corrected chi connectivity index (χ4v) is 3.18. The maximum Gasteiger partial charge on any atom is 0.0794 e. The van der Waals surface area contributed by atoms with Gasteiger partial charge < -0.3 is 5.32 Å². The molecule has 2 aromatic heterocycles. The second-order valence-electron chi connectivity index (χ2n) is 4.88. The molecule has 1 aromatic carbocycles. The Bertz CT molecular complexity index is 707. The van der Waals surface area contributed by atoms with Crippen LogP contribution in [0.3, 0.4) is 0 Å². The van der Waals surface area contributed by atoms with E-state index in [4.69, 9.17) is 0 Å². The number of benzene rings is 1. The molecule has 0 radical (unpaired) electrons. The first-order valence-corrected chi connectivity index (χ1v) is 7.57. The van der Waals surface area contributed by atoms with Crippen molar-refractivity contribution in [2.24, 2.45) is 0 Å². The number of nitrogens with one attached hydrogen (secondary N) is 1. The van der Waals surface area contributed by atoms with Crippen molar-refractivity contribution in [3.63, 3.8) is 0 Å². The number of aromatic nitrogens is 2. The Balaban J connectivity index is 2.06. The SMILES string of the molecule is CNC(Cc1cncs1)c1cc(C)nc2ccccc12. The molecule has 0 aliphatic rings. The van der Waals surface area contributed by atoms with E-state index >= 15 is 0 Å². The summed E-state index contributed by atoms with van der Waals surface area (Å²) >= 11 is 1.70. The van der Waals surface area contributed by atoms with Crippen LogP contribution in [0.2, 0.25) is 0 Å². The third-order valence-electron chi connectivity index (χ3n) is 3.49. The molecule has 3 aromatic rings. The minimum Gasteiger partial charge on any atom is -0.313 e. The van der Waals surface area contributed by atoms with Crippen molar-refractivity contribution in [2.75, 3.05) is 7.05 Å². The number of pyridine rings is 1. The zero-order valence-corrected chi connectivity index (χ0v) is 12.4. The summed E-state index contributed by atoms with van der Waals surface area (Å²) in [6.45, 7) is 2.05. The van der Waals surface area contributed by atoms with Gasteiger partial charge in [0.15, 0.2) is 0 Å². The molecule has 3 rings (SSSR count). The monoisotopic (exact) mass is 283 g/mol. The van der Waals surface area contributed by atoms with Crippen molar-refractivity contribution in [1.29, 1.82) is 0 Å². The molecule has 0 aliphatic carbocycles. The lowest BCUT2D eigenvalue weighted by molar-refractivity contribution is 0.599. The molecule has 1 atom stereocenters. The lowest BCUT2D eigenvalue weighted by Gasteiger charge is -2.18. The molecule has 0 spiro atoms. The molecule has 102 valence electrons. The Kier molecular flexibility index (Phi) is 3.76. The molecule has 0 fully saturated rings. The molecule has 1 N–H and O–H groups in total. The minimum atomic E-state index is 0.280. The van der Waals surface area contributed by atoms with Gasteiger partial charge in [-0.15, -0.1) is 11.3 Å². The van der Waals surface area contributed by atoms with Gasteiger partial charge in [0.25, 0.3) is 0 Å². The number of nitrogens with zero attached hydrogens (tertiary/aromatic N) is 2. The van der Waals surface area contributed by atoms with Gasteiger partial charge in [-0.3, -0.25) is 9.97 Å². The number of thiazole rings is 1. The zero-order chi connectivity index (χ0) is 13.9.